The maximum absolute atomic E-state index is 11.5. The van der Waals surface area contributed by atoms with Crippen LogP contribution in [0.15, 0.2) is 0 Å². The molecule has 24 heavy (non-hydrogen) atoms. The molecule has 0 unspecified atom stereocenters. The molecule has 1 aromatic carbocycles. The fourth-order valence-corrected chi connectivity index (χ4v) is 2.48. The van der Waals surface area contributed by atoms with Crippen LogP contribution in [0.2, 0.25) is 0 Å². The first-order valence-corrected chi connectivity index (χ1v) is 6.46. The number of terminal acetylenes is 3. The summed E-state index contributed by atoms with van der Waals surface area (Å²) in [5.41, 5.74) is -3.07. The lowest BCUT2D eigenvalue weighted by Gasteiger charge is -2.26. The van der Waals surface area contributed by atoms with Crippen LogP contribution < -0.4 is 15.3 Å². The maximum Gasteiger partial charge on any atom is 0.0725 e. The van der Waals surface area contributed by atoms with Gasteiger partial charge in [-0.15, -0.1) is 37.0 Å². The number of hydrogen-bond acceptors (Lipinski definition) is 6. The molecule has 120 valence electrons. The first-order chi connectivity index (χ1) is 11.3. The number of carboxylic acids is 3. The van der Waals surface area contributed by atoms with E-state index in [2.05, 4.69) is 17.8 Å². The molecule has 6 nitrogen and oxygen atoms in total. The third-order valence-corrected chi connectivity index (χ3v) is 3.27. The second-order valence-corrected chi connectivity index (χ2v) is 4.57. The van der Waals surface area contributed by atoms with E-state index in [1.165, 1.54) is 0 Å². The molecule has 1 rings (SSSR count). The smallest absolute Gasteiger partial charge is 0.0725 e. The van der Waals surface area contributed by atoms with Crippen molar-refractivity contribution in [1.29, 1.82) is 0 Å². The van der Waals surface area contributed by atoms with Crippen molar-refractivity contribution in [2.75, 3.05) is 0 Å². The van der Waals surface area contributed by atoms with Gasteiger partial charge in [-0.2, -0.15) is 0 Å². The number of carboxylic acid groups (broad SMARTS) is 3. The Balaban J connectivity index is 4.24. The van der Waals surface area contributed by atoms with Crippen LogP contribution in [0, 0.1) is 37.0 Å². The third-order valence-electron chi connectivity index (χ3n) is 3.27. The lowest BCUT2D eigenvalue weighted by atomic mass is 9.83. The summed E-state index contributed by atoms with van der Waals surface area (Å²) in [6.45, 7) is 0. The minimum atomic E-state index is -1.92. The van der Waals surface area contributed by atoms with Crippen LogP contribution in [0.3, 0.4) is 0 Å². The molecule has 0 amide bonds. The Morgan fingerprint density at radius 2 is 0.917 bits per heavy atom. The molecule has 0 spiro atoms. The molecule has 0 saturated heterocycles. The fourth-order valence-electron chi connectivity index (χ4n) is 2.48. The van der Waals surface area contributed by atoms with E-state index in [0.717, 1.165) is 0 Å². The number of carbonyl (C=O) groups excluding carboxylic acids is 3. The molecule has 0 N–H and O–H groups in total. The van der Waals surface area contributed by atoms with Crippen LogP contribution in [0.25, 0.3) is 0 Å². The molecule has 0 saturated carbocycles. The molecule has 0 aliphatic carbocycles. The molecule has 0 aliphatic heterocycles. The molecule has 0 aliphatic rings. The molecule has 0 radical (unpaired) electrons. The second-order valence-electron chi connectivity index (χ2n) is 4.57. The maximum atomic E-state index is 11.5. The minimum absolute atomic E-state index is 0.134. The van der Waals surface area contributed by atoms with Gasteiger partial charge < -0.3 is 29.7 Å². The highest BCUT2D eigenvalue weighted by Gasteiger charge is 2.24. The molecule has 0 heterocycles. The van der Waals surface area contributed by atoms with E-state index in [4.69, 9.17) is 19.3 Å². The Hall–Kier alpha value is -3.69. The van der Waals surface area contributed by atoms with Gasteiger partial charge in [0.2, 0.25) is 0 Å². The standard InChI is InChI=1S/C18H12O6/c1-4-7-10-11(8-5-2)14(17(21)22)15(18(23)24)12(9-6-3)13(10)16(19)20/h1-3H,7-9H2,(H,19,20)(H,21,22)(H,23,24)/p-3. The van der Waals surface area contributed by atoms with Gasteiger partial charge in [0, 0.05) is 36.0 Å². The normalized spacial score (nSPS) is 9.38. The van der Waals surface area contributed by atoms with Gasteiger partial charge in [-0.05, 0) is 16.7 Å². The molecule has 0 atom stereocenters. The highest BCUT2D eigenvalue weighted by atomic mass is 16.4. The topological polar surface area (TPSA) is 120 Å². The van der Waals surface area contributed by atoms with Crippen LogP contribution >= 0.6 is 0 Å². The largest absolute Gasteiger partial charge is 0.545 e. The lowest BCUT2D eigenvalue weighted by molar-refractivity contribution is -0.260. The van der Waals surface area contributed by atoms with Crippen molar-refractivity contribution in [3.63, 3.8) is 0 Å². The van der Waals surface area contributed by atoms with Gasteiger partial charge in [0.05, 0.1) is 17.9 Å². The molecular weight excluding hydrogens is 312 g/mol. The van der Waals surface area contributed by atoms with Crippen molar-refractivity contribution in [2.24, 2.45) is 0 Å². The Bertz CT molecular complexity index is 856. The summed E-state index contributed by atoms with van der Waals surface area (Å²) in [4.78, 5) is 34.5. The van der Waals surface area contributed by atoms with Gasteiger partial charge in [-0.1, -0.05) is 0 Å². The van der Waals surface area contributed by atoms with Gasteiger partial charge in [-0.3, -0.25) is 0 Å². The van der Waals surface area contributed by atoms with Crippen LogP contribution in [-0.4, -0.2) is 17.9 Å². The summed E-state index contributed by atoms with van der Waals surface area (Å²) in [6.07, 6.45) is 14.3. The van der Waals surface area contributed by atoms with Gasteiger partial charge in [0.25, 0.3) is 0 Å². The van der Waals surface area contributed by atoms with Gasteiger partial charge in [0.15, 0.2) is 0 Å². The van der Waals surface area contributed by atoms with E-state index in [9.17, 15) is 29.7 Å². The summed E-state index contributed by atoms with van der Waals surface area (Å²) < 4.78 is 0. The van der Waals surface area contributed by atoms with Gasteiger partial charge in [0.1, 0.15) is 0 Å². The summed E-state index contributed by atoms with van der Waals surface area (Å²) in [5.74, 6) is 0.846. The molecule has 0 fully saturated rings. The number of aromatic carboxylic acids is 3. The van der Waals surface area contributed by atoms with Crippen LogP contribution in [0.5, 0.6) is 0 Å². The zero-order valence-electron chi connectivity index (χ0n) is 12.3. The van der Waals surface area contributed by atoms with Crippen LogP contribution in [0.1, 0.15) is 47.8 Å². The second kappa shape index (κ2) is 7.54. The van der Waals surface area contributed by atoms with E-state index < -0.39 is 46.6 Å². The zero-order chi connectivity index (χ0) is 18.4. The SMILES string of the molecule is C#CCc1c(CC#C)c(C(=O)[O-])c(C(=O)[O-])c(CC#C)c1C(=O)[O-]. The van der Waals surface area contributed by atoms with Crippen molar-refractivity contribution in [1.82, 2.24) is 0 Å². The highest BCUT2D eigenvalue weighted by molar-refractivity contribution is 6.06. The summed E-state index contributed by atoms with van der Waals surface area (Å²) >= 11 is 0. The molecule has 1 aromatic rings. The van der Waals surface area contributed by atoms with E-state index in [1.807, 2.05) is 0 Å². The van der Waals surface area contributed by atoms with Crippen molar-refractivity contribution in [2.45, 2.75) is 19.3 Å². The predicted octanol–water partition coefficient (Wildman–Crippen LogP) is -2.70. The van der Waals surface area contributed by atoms with E-state index >= 15 is 0 Å². The van der Waals surface area contributed by atoms with Crippen molar-refractivity contribution >= 4 is 17.9 Å². The quantitative estimate of drug-likeness (QED) is 0.526. The van der Waals surface area contributed by atoms with Gasteiger partial charge in [-0.25, -0.2) is 0 Å². The monoisotopic (exact) mass is 321 g/mol. The Labute approximate surface area is 138 Å². The lowest BCUT2D eigenvalue weighted by Crippen LogP contribution is -2.36. The van der Waals surface area contributed by atoms with Crippen molar-refractivity contribution in [3.8, 4) is 37.0 Å². The number of carbonyl (C=O) groups is 3. The van der Waals surface area contributed by atoms with Crippen LogP contribution in [-0.2, 0) is 19.3 Å². The molecule has 6 heteroatoms. The number of rotatable bonds is 6. The predicted molar refractivity (Wildman–Crippen MR) is 77.0 cm³/mol. The molecule has 0 aromatic heterocycles. The van der Waals surface area contributed by atoms with E-state index in [-0.39, 0.29) is 24.0 Å². The Kier molecular flexibility index (Phi) is 5.76. The third kappa shape index (κ3) is 3.21. The highest BCUT2D eigenvalue weighted by Crippen LogP contribution is 2.29. The average molecular weight is 321 g/mol. The Morgan fingerprint density at radius 3 is 1.25 bits per heavy atom. The van der Waals surface area contributed by atoms with E-state index in [1.54, 1.807) is 0 Å². The summed E-state index contributed by atoms with van der Waals surface area (Å²) in [6, 6.07) is 0. The average Bonchev–Trinajstić information content (AvgIpc) is 2.48. The van der Waals surface area contributed by atoms with Gasteiger partial charge >= 0.3 is 0 Å². The van der Waals surface area contributed by atoms with Crippen molar-refractivity contribution in [3.05, 3.63) is 33.4 Å². The first-order valence-electron chi connectivity index (χ1n) is 6.46. The minimum Gasteiger partial charge on any atom is -0.545 e. The fraction of sp³-hybridized carbons (Fsp3) is 0.167. The van der Waals surface area contributed by atoms with Crippen molar-refractivity contribution < 1.29 is 29.7 Å². The van der Waals surface area contributed by atoms with Crippen LogP contribution in [0.4, 0.5) is 0 Å². The number of hydrogen-bond donors (Lipinski definition) is 0. The first kappa shape index (κ1) is 18.4. The Morgan fingerprint density at radius 1 is 0.625 bits per heavy atom. The van der Waals surface area contributed by atoms with E-state index in [0.29, 0.717) is 0 Å². The summed E-state index contributed by atoms with van der Waals surface area (Å²) in [7, 11) is 0. The molecular formula is C18H9O6-3. The molecule has 0 bridgehead atoms. The zero-order valence-corrected chi connectivity index (χ0v) is 12.3. The summed E-state index contributed by atoms with van der Waals surface area (Å²) in [5, 5.41) is 34.5. The number of benzene rings is 1.